The molecule has 180 valence electrons. The molecule has 3 aromatic carbocycles. The van der Waals surface area contributed by atoms with Crippen LogP contribution in [0.5, 0.6) is 11.5 Å². The van der Waals surface area contributed by atoms with Crippen molar-refractivity contribution in [2.45, 2.75) is 0 Å². The second kappa shape index (κ2) is 8.95. The number of methoxy groups -OCH3 is 1. The van der Waals surface area contributed by atoms with Gasteiger partial charge in [-0.25, -0.2) is 13.9 Å². The van der Waals surface area contributed by atoms with Crippen LogP contribution >= 0.6 is 0 Å². The Labute approximate surface area is 204 Å². The SMILES string of the molecule is COc1ccc(Nc2cc(=O)n(C)c3c2c(=O)n(-c2ccccc2)c(=O)n3-c2ccccc2)cc1O. The van der Waals surface area contributed by atoms with Crippen molar-refractivity contribution in [2.24, 2.45) is 7.05 Å². The number of aromatic hydroxyl groups is 1. The van der Waals surface area contributed by atoms with Crippen LogP contribution in [0.2, 0.25) is 0 Å². The number of nitrogens with zero attached hydrogens (tertiary/aromatic N) is 3. The van der Waals surface area contributed by atoms with E-state index >= 15 is 0 Å². The van der Waals surface area contributed by atoms with Gasteiger partial charge in [0.25, 0.3) is 11.1 Å². The second-order valence-corrected chi connectivity index (χ2v) is 8.10. The van der Waals surface area contributed by atoms with Crippen molar-refractivity contribution in [1.29, 1.82) is 0 Å². The maximum Gasteiger partial charge on any atom is 0.341 e. The molecule has 0 saturated heterocycles. The highest BCUT2D eigenvalue weighted by molar-refractivity contribution is 5.91. The minimum absolute atomic E-state index is 0.112. The fraction of sp³-hybridized carbons (Fsp3) is 0.0741. The first-order chi connectivity index (χ1) is 17.4. The zero-order valence-electron chi connectivity index (χ0n) is 19.5. The molecule has 2 aromatic heterocycles. The van der Waals surface area contributed by atoms with Crippen molar-refractivity contribution in [3.63, 3.8) is 0 Å². The Morgan fingerprint density at radius 1 is 0.806 bits per heavy atom. The molecule has 0 fully saturated rings. The van der Waals surface area contributed by atoms with E-state index in [2.05, 4.69) is 5.32 Å². The number of ether oxygens (including phenoxy) is 1. The summed E-state index contributed by atoms with van der Waals surface area (Å²) >= 11 is 0. The van der Waals surface area contributed by atoms with Crippen molar-refractivity contribution < 1.29 is 9.84 Å². The van der Waals surface area contributed by atoms with Crippen molar-refractivity contribution in [1.82, 2.24) is 13.7 Å². The molecule has 2 heterocycles. The van der Waals surface area contributed by atoms with Crippen molar-refractivity contribution in [3.8, 4) is 22.9 Å². The lowest BCUT2D eigenvalue weighted by atomic mass is 10.2. The fourth-order valence-corrected chi connectivity index (χ4v) is 4.18. The maximum absolute atomic E-state index is 13.9. The first kappa shape index (κ1) is 22.7. The molecule has 0 spiro atoms. The summed E-state index contributed by atoms with van der Waals surface area (Å²) in [6.45, 7) is 0. The standard InChI is InChI=1S/C27H22N4O5/c1-29-23(33)16-20(28-17-13-14-22(36-2)21(32)15-17)24-25(29)30(18-9-5-3-6-10-18)27(35)31(26(24)34)19-11-7-4-8-12-19/h3-16,28,32H,1-2H3. The van der Waals surface area contributed by atoms with Gasteiger partial charge in [0, 0.05) is 24.9 Å². The van der Waals surface area contributed by atoms with Crippen molar-refractivity contribution >= 4 is 22.4 Å². The number of fused-ring (bicyclic) bond motifs is 1. The molecule has 5 rings (SSSR count). The molecule has 0 aliphatic carbocycles. The van der Waals surface area contributed by atoms with Gasteiger partial charge in [-0.3, -0.25) is 14.2 Å². The Balaban J connectivity index is 1.91. The van der Waals surface area contributed by atoms with E-state index in [1.54, 1.807) is 66.7 Å². The molecule has 9 heteroatoms. The number of benzene rings is 3. The summed E-state index contributed by atoms with van der Waals surface area (Å²) in [7, 11) is 2.95. The third-order valence-electron chi connectivity index (χ3n) is 5.91. The number of rotatable bonds is 5. The van der Waals surface area contributed by atoms with Crippen LogP contribution in [0.4, 0.5) is 11.4 Å². The van der Waals surface area contributed by atoms with Gasteiger partial charge in [0.1, 0.15) is 11.0 Å². The van der Waals surface area contributed by atoms with Gasteiger partial charge in [-0.2, -0.15) is 0 Å². The van der Waals surface area contributed by atoms with Crippen LogP contribution in [-0.2, 0) is 7.05 Å². The first-order valence-electron chi connectivity index (χ1n) is 11.1. The summed E-state index contributed by atoms with van der Waals surface area (Å²) in [5, 5.41) is 13.4. The van der Waals surface area contributed by atoms with E-state index in [9.17, 15) is 19.5 Å². The van der Waals surface area contributed by atoms with Gasteiger partial charge in [0.05, 0.1) is 24.2 Å². The van der Waals surface area contributed by atoms with Crippen LogP contribution in [0.15, 0.2) is 99.3 Å². The Hall–Kier alpha value is -5.05. The first-order valence-corrected chi connectivity index (χ1v) is 11.1. The Kier molecular flexibility index (Phi) is 5.65. The van der Waals surface area contributed by atoms with E-state index < -0.39 is 16.8 Å². The van der Waals surface area contributed by atoms with Gasteiger partial charge in [0.15, 0.2) is 11.5 Å². The van der Waals surface area contributed by atoms with Gasteiger partial charge < -0.3 is 15.2 Å². The smallest absolute Gasteiger partial charge is 0.341 e. The summed E-state index contributed by atoms with van der Waals surface area (Å²) in [5.41, 5.74) is -0.00134. The number of hydrogen-bond acceptors (Lipinski definition) is 6. The summed E-state index contributed by atoms with van der Waals surface area (Å²) in [4.78, 5) is 40.7. The lowest BCUT2D eigenvalue weighted by molar-refractivity contribution is 0.373. The Morgan fingerprint density at radius 2 is 1.42 bits per heavy atom. The topological polar surface area (TPSA) is 107 Å². The van der Waals surface area contributed by atoms with Crippen LogP contribution in [0.1, 0.15) is 0 Å². The van der Waals surface area contributed by atoms with Crippen molar-refractivity contribution in [2.75, 3.05) is 12.4 Å². The number of para-hydroxylation sites is 2. The van der Waals surface area contributed by atoms with E-state index in [0.29, 0.717) is 17.1 Å². The van der Waals surface area contributed by atoms with Crippen molar-refractivity contribution in [3.05, 3.63) is 116 Å². The number of phenols is 1. The molecular weight excluding hydrogens is 460 g/mol. The van der Waals surface area contributed by atoms with E-state index in [0.717, 1.165) is 4.57 Å². The lowest BCUT2D eigenvalue weighted by Crippen LogP contribution is -2.40. The minimum Gasteiger partial charge on any atom is -0.504 e. The second-order valence-electron chi connectivity index (χ2n) is 8.10. The predicted octanol–water partition coefficient (Wildman–Crippen LogP) is 3.30. The molecule has 5 aromatic rings. The molecule has 0 aliphatic heterocycles. The quantitative estimate of drug-likeness (QED) is 0.398. The summed E-state index contributed by atoms with van der Waals surface area (Å²) in [6.07, 6.45) is 0. The van der Waals surface area contributed by atoms with Gasteiger partial charge >= 0.3 is 5.69 Å². The predicted molar refractivity (Wildman–Crippen MR) is 138 cm³/mol. The van der Waals surface area contributed by atoms with Crippen LogP contribution in [-0.4, -0.2) is 25.9 Å². The molecule has 0 radical (unpaired) electrons. The molecule has 0 amide bonds. The molecule has 0 bridgehead atoms. The largest absolute Gasteiger partial charge is 0.504 e. The van der Waals surface area contributed by atoms with Gasteiger partial charge in [0.2, 0.25) is 0 Å². The number of phenolic OH excluding ortho intramolecular Hbond substituents is 1. The minimum atomic E-state index is -0.612. The van der Waals surface area contributed by atoms with Gasteiger partial charge in [-0.15, -0.1) is 0 Å². The zero-order valence-corrected chi connectivity index (χ0v) is 19.5. The number of anilines is 2. The third kappa shape index (κ3) is 3.72. The number of pyridine rings is 1. The van der Waals surface area contributed by atoms with Gasteiger partial charge in [-0.05, 0) is 36.4 Å². The number of aryl methyl sites for hydroxylation is 1. The average Bonchev–Trinajstić information content (AvgIpc) is 2.88. The monoisotopic (exact) mass is 482 g/mol. The maximum atomic E-state index is 13.9. The number of nitrogens with one attached hydrogen (secondary N) is 1. The fourth-order valence-electron chi connectivity index (χ4n) is 4.18. The molecule has 0 aliphatic rings. The molecule has 9 nitrogen and oxygen atoms in total. The molecule has 0 saturated carbocycles. The highest BCUT2D eigenvalue weighted by Crippen LogP contribution is 2.31. The molecule has 0 atom stereocenters. The zero-order chi connectivity index (χ0) is 25.4. The summed E-state index contributed by atoms with van der Waals surface area (Å²) < 4.78 is 8.80. The van der Waals surface area contributed by atoms with Crippen LogP contribution < -0.4 is 26.9 Å². The lowest BCUT2D eigenvalue weighted by Gasteiger charge is -2.19. The normalized spacial score (nSPS) is 10.9. The van der Waals surface area contributed by atoms with E-state index in [-0.39, 0.29) is 28.2 Å². The highest BCUT2D eigenvalue weighted by Gasteiger charge is 2.22. The molecule has 0 unspecified atom stereocenters. The number of hydrogen-bond donors (Lipinski definition) is 2. The Morgan fingerprint density at radius 3 is 2.00 bits per heavy atom. The van der Waals surface area contributed by atoms with E-state index in [1.165, 1.54) is 35.4 Å². The van der Waals surface area contributed by atoms with E-state index in [1.807, 2.05) is 6.07 Å². The summed E-state index contributed by atoms with van der Waals surface area (Å²) in [5.74, 6) is 0.164. The summed E-state index contributed by atoms with van der Waals surface area (Å²) in [6, 6.07) is 23.3. The van der Waals surface area contributed by atoms with Crippen LogP contribution in [0.25, 0.3) is 22.4 Å². The van der Waals surface area contributed by atoms with Crippen LogP contribution in [0, 0.1) is 0 Å². The molecular formula is C27H22N4O5. The average molecular weight is 482 g/mol. The van der Waals surface area contributed by atoms with Crippen LogP contribution in [0.3, 0.4) is 0 Å². The number of aromatic nitrogens is 3. The van der Waals surface area contributed by atoms with E-state index in [4.69, 9.17) is 4.74 Å². The Bertz CT molecular complexity index is 1770. The third-order valence-corrected chi connectivity index (χ3v) is 5.91. The highest BCUT2D eigenvalue weighted by atomic mass is 16.5. The molecule has 36 heavy (non-hydrogen) atoms. The van der Waals surface area contributed by atoms with Gasteiger partial charge in [-0.1, -0.05) is 36.4 Å². The molecule has 2 N–H and O–H groups in total.